The maximum absolute atomic E-state index is 10.9. The van der Waals surface area contributed by atoms with E-state index in [1.807, 2.05) is 24.3 Å². The van der Waals surface area contributed by atoms with E-state index in [0.29, 0.717) is 0 Å². The monoisotopic (exact) mass is 218 g/mol. The van der Waals surface area contributed by atoms with Crippen molar-refractivity contribution in [2.45, 2.75) is 18.4 Å². The normalized spacial score (nSPS) is 17.3. The Bertz CT molecular complexity index is 410. The van der Waals surface area contributed by atoms with Crippen molar-refractivity contribution in [2.24, 2.45) is 0 Å². The summed E-state index contributed by atoms with van der Waals surface area (Å²) in [5, 5.41) is 8.93. The first-order chi connectivity index (χ1) is 7.64. The van der Waals surface area contributed by atoms with Gasteiger partial charge in [-0.15, -0.1) is 0 Å². The van der Waals surface area contributed by atoms with Crippen molar-refractivity contribution in [3.05, 3.63) is 36.2 Å². The molecule has 2 rings (SSSR count). The van der Waals surface area contributed by atoms with E-state index in [0.717, 1.165) is 18.4 Å². The molecule has 1 aliphatic rings. The summed E-state index contributed by atoms with van der Waals surface area (Å²) in [4.78, 5) is 16.3. The van der Waals surface area contributed by atoms with Crippen LogP contribution in [-0.2, 0) is 0 Å². The number of pyridine rings is 1. The number of hydrogen-bond acceptors (Lipinski definition) is 2. The Morgan fingerprint density at radius 1 is 1.62 bits per heavy atom. The van der Waals surface area contributed by atoms with Crippen LogP contribution in [0.15, 0.2) is 30.6 Å². The van der Waals surface area contributed by atoms with Gasteiger partial charge in [-0.25, -0.2) is 4.79 Å². The minimum Gasteiger partial charge on any atom is -0.465 e. The Morgan fingerprint density at radius 2 is 2.38 bits per heavy atom. The molecule has 1 amide bonds. The van der Waals surface area contributed by atoms with E-state index in [4.69, 9.17) is 5.11 Å². The SMILES string of the molecule is CN(C(=O)O)C1(/C=C\c2cccnc2)CC1. The first kappa shape index (κ1) is 10.7. The number of rotatable bonds is 3. The summed E-state index contributed by atoms with van der Waals surface area (Å²) in [6, 6.07) is 3.81. The lowest BCUT2D eigenvalue weighted by atomic mass is 10.1. The van der Waals surface area contributed by atoms with Crippen LogP contribution in [0.2, 0.25) is 0 Å². The molecule has 0 saturated heterocycles. The lowest BCUT2D eigenvalue weighted by Gasteiger charge is -2.21. The van der Waals surface area contributed by atoms with Crippen LogP contribution in [-0.4, -0.2) is 33.7 Å². The van der Waals surface area contributed by atoms with Crippen LogP contribution in [0.25, 0.3) is 6.08 Å². The summed E-state index contributed by atoms with van der Waals surface area (Å²) >= 11 is 0. The predicted octanol–water partition coefficient (Wildman–Crippen LogP) is 2.24. The third-order valence-corrected chi connectivity index (χ3v) is 2.99. The van der Waals surface area contributed by atoms with Crippen LogP contribution in [0.1, 0.15) is 18.4 Å². The lowest BCUT2D eigenvalue weighted by molar-refractivity contribution is 0.142. The summed E-state index contributed by atoms with van der Waals surface area (Å²) in [7, 11) is 1.61. The second-order valence-electron chi connectivity index (χ2n) is 4.06. The number of carbonyl (C=O) groups is 1. The van der Waals surface area contributed by atoms with E-state index < -0.39 is 6.09 Å². The molecule has 16 heavy (non-hydrogen) atoms. The topological polar surface area (TPSA) is 53.4 Å². The molecular weight excluding hydrogens is 204 g/mol. The molecule has 1 aromatic heterocycles. The molecule has 0 spiro atoms. The highest BCUT2D eigenvalue weighted by Crippen LogP contribution is 2.42. The van der Waals surface area contributed by atoms with E-state index in [1.54, 1.807) is 19.4 Å². The summed E-state index contributed by atoms with van der Waals surface area (Å²) in [5.74, 6) is 0. The quantitative estimate of drug-likeness (QED) is 0.846. The highest BCUT2D eigenvalue weighted by molar-refractivity contribution is 5.68. The standard InChI is InChI=1S/C12H14N2O2/c1-14(11(15)16)12(6-7-12)5-4-10-3-2-8-13-9-10/h2-5,8-9H,6-7H2,1H3,(H,15,16)/b5-4-. The van der Waals surface area contributed by atoms with Gasteiger partial charge in [-0.3, -0.25) is 4.98 Å². The first-order valence-electron chi connectivity index (χ1n) is 5.20. The van der Waals surface area contributed by atoms with Gasteiger partial charge in [0, 0.05) is 19.4 Å². The minimum absolute atomic E-state index is 0.290. The Hall–Kier alpha value is -1.84. The summed E-state index contributed by atoms with van der Waals surface area (Å²) in [6.45, 7) is 0. The van der Waals surface area contributed by atoms with Crippen molar-refractivity contribution in [1.82, 2.24) is 9.88 Å². The Kier molecular flexibility index (Phi) is 2.64. The molecule has 0 aliphatic heterocycles. The highest BCUT2D eigenvalue weighted by Gasteiger charge is 2.46. The maximum Gasteiger partial charge on any atom is 0.407 e. The van der Waals surface area contributed by atoms with Gasteiger partial charge >= 0.3 is 6.09 Å². The number of likely N-dealkylation sites (N-methyl/N-ethyl adjacent to an activating group) is 1. The molecule has 0 aromatic carbocycles. The summed E-state index contributed by atoms with van der Waals surface area (Å²) < 4.78 is 0. The average molecular weight is 218 g/mol. The van der Waals surface area contributed by atoms with Crippen LogP contribution >= 0.6 is 0 Å². The van der Waals surface area contributed by atoms with Gasteiger partial charge in [0.05, 0.1) is 5.54 Å². The molecule has 4 heteroatoms. The molecular formula is C12H14N2O2. The van der Waals surface area contributed by atoms with Crippen molar-refractivity contribution in [3.63, 3.8) is 0 Å². The van der Waals surface area contributed by atoms with E-state index in [1.165, 1.54) is 4.90 Å². The fourth-order valence-electron chi connectivity index (χ4n) is 1.66. The van der Waals surface area contributed by atoms with Crippen LogP contribution < -0.4 is 0 Å². The highest BCUT2D eigenvalue weighted by atomic mass is 16.4. The van der Waals surface area contributed by atoms with Gasteiger partial charge in [-0.2, -0.15) is 0 Å². The Morgan fingerprint density at radius 3 is 2.88 bits per heavy atom. The van der Waals surface area contributed by atoms with Crippen LogP contribution in [0, 0.1) is 0 Å². The van der Waals surface area contributed by atoms with Crippen LogP contribution in [0.4, 0.5) is 4.79 Å². The molecule has 1 aliphatic carbocycles. The number of aromatic nitrogens is 1. The molecule has 84 valence electrons. The third kappa shape index (κ3) is 2.05. The maximum atomic E-state index is 10.9. The van der Waals surface area contributed by atoms with Crippen molar-refractivity contribution < 1.29 is 9.90 Å². The van der Waals surface area contributed by atoms with Crippen molar-refractivity contribution >= 4 is 12.2 Å². The van der Waals surface area contributed by atoms with Gasteiger partial charge in [0.2, 0.25) is 0 Å². The smallest absolute Gasteiger partial charge is 0.407 e. The predicted molar refractivity (Wildman–Crippen MR) is 61.0 cm³/mol. The molecule has 1 aromatic rings. The number of hydrogen-bond donors (Lipinski definition) is 1. The second kappa shape index (κ2) is 3.96. The van der Waals surface area contributed by atoms with E-state index >= 15 is 0 Å². The van der Waals surface area contributed by atoms with Gasteiger partial charge in [-0.05, 0) is 24.5 Å². The molecule has 0 unspecified atom stereocenters. The Balaban J connectivity index is 2.10. The van der Waals surface area contributed by atoms with Gasteiger partial charge in [0.25, 0.3) is 0 Å². The van der Waals surface area contributed by atoms with E-state index in [9.17, 15) is 4.79 Å². The Labute approximate surface area is 94.2 Å². The first-order valence-corrected chi connectivity index (χ1v) is 5.20. The largest absolute Gasteiger partial charge is 0.465 e. The van der Waals surface area contributed by atoms with Crippen LogP contribution in [0.3, 0.4) is 0 Å². The molecule has 0 bridgehead atoms. The van der Waals surface area contributed by atoms with Crippen molar-refractivity contribution in [2.75, 3.05) is 7.05 Å². The fourth-order valence-corrected chi connectivity index (χ4v) is 1.66. The zero-order chi connectivity index (χ0) is 11.6. The van der Waals surface area contributed by atoms with Crippen molar-refractivity contribution in [1.29, 1.82) is 0 Å². The summed E-state index contributed by atoms with van der Waals surface area (Å²) in [6.07, 6.45) is 8.27. The van der Waals surface area contributed by atoms with Gasteiger partial charge in [-0.1, -0.05) is 18.2 Å². The minimum atomic E-state index is -0.881. The number of nitrogens with zero attached hydrogens (tertiary/aromatic N) is 2. The molecule has 0 radical (unpaired) electrons. The summed E-state index contributed by atoms with van der Waals surface area (Å²) in [5.41, 5.74) is 0.703. The van der Waals surface area contributed by atoms with Gasteiger partial charge in [0.1, 0.15) is 0 Å². The number of carboxylic acid groups (broad SMARTS) is 1. The zero-order valence-electron chi connectivity index (χ0n) is 9.13. The van der Waals surface area contributed by atoms with E-state index in [2.05, 4.69) is 4.98 Å². The molecule has 1 fully saturated rings. The van der Waals surface area contributed by atoms with Crippen LogP contribution in [0.5, 0.6) is 0 Å². The second-order valence-corrected chi connectivity index (χ2v) is 4.06. The lowest BCUT2D eigenvalue weighted by Crippen LogP contribution is -2.36. The fraction of sp³-hybridized carbons (Fsp3) is 0.333. The van der Waals surface area contributed by atoms with Gasteiger partial charge in [0.15, 0.2) is 0 Å². The molecule has 1 heterocycles. The molecule has 4 nitrogen and oxygen atoms in total. The van der Waals surface area contributed by atoms with Crippen molar-refractivity contribution in [3.8, 4) is 0 Å². The van der Waals surface area contributed by atoms with Gasteiger partial charge < -0.3 is 10.0 Å². The molecule has 0 atom stereocenters. The number of amides is 1. The zero-order valence-corrected chi connectivity index (χ0v) is 9.13. The average Bonchev–Trinajstić information content (AvgIpc) is 3.08. The molecule has 1 N–H and O–H groups in total. The van der Waals surface area contributed by atoms with E-state index in [-0.39, 0.29) is 5.54 Å². The third-order valence-electron chi connectivity index (χ3n) is 2.99. The molecule has 1 saturated carbocycles.